The van der Waals surface area contributed by atoms with Gasteiger partial charge in [-0.1, -0.05) is 182 Å². The Kier molecular flexibility index (Phi) is 8.28. The summed E-state index contributed by atoms with van der Waals surface area (Å²) in [5, 5.41) is 5.11. The standard InChI is InChI=1S/C54H35NS2/c1-5-16-36(17-6-1)40-28-30-45-46-31-29-41(35-51(46)56-50(45)34-40)55(53-42(37-18-7-2-8-19-37)25-15-26-43(53)38-20-9-3-10-21-38)48-33-32-44(39-22-11-4-12-23-39)54-52(48)47-24-13-14-27-49(47)57-54/h1-35H. The lowest BCUT2D eigenvalue weighted by Gasteiger charge is -2.31. The van der Waals surface area contributed by atoms with Crippen LogP contribution in [-0.2, 0) is 0 Å². The lowest BCUT2D eigenvalue weighted by Crippen LogP contribution is -2.13. The van der Waals surface area contributed by atoms with E-state index >= 15 is 0 Å². The molecule has 268 valence electrons. The third kappa shape index (κ3) is 5.83. The number of rotatable bonds is 7. The highest BCUT2D eigenvalue weighted by Crippen LogP contribution is 2.53. The van der Waals surface area contributed by atoms with Crippen molar-refractivity contribution in [1.29, 1.82) is 0 Å². The first-order valence-electron chi connectivity index (χ1n) is 19.3. The molecule has 0 aliphatic rings. The van der Waals surface area contributed by atoms with Crippen LogP contribution in [0.25, 0.3) is 84.9 Å². The van der Waals surface area contributed by atoms with E-state index in [1.807, 2.05) is 22.7 Å². The Morgan fingerprint density at radius 2 is 0.860 bits per heavy atom. The molecule has 0 radical (unpaired) electrons. The third-order valence-electron chi connectivity index (χ3n) is 11.1. The normalized spacial score (nSPS) is 11.5. The lowest BCUT2D eigenvalue weighted by molar-refractivity contribution is 1.31. The molecule has 0 spiro atoms. The van der Waals surface area contributed by atoms with E-state index in [0.29, 0.717) is 0 Å². The van der Waals surface area contributed by atoms with Crippen molar-refractivity contribution < 1.29 is 0 Å². The Balaban J connectivity index is 1.23. The highest BCUT2D eigenvalue weighted by molar-refractivity contribution is 7.26. The predicted octanol–water partition coefficient (Wildman–Crippen LogP) is 16.6. The van der Waals surface area contributed by atoms with Crippen LogP contribution >= 0.6 is 22.7 Å². The number of hydrogen-bond donors (Lipinski definition) is 0. The minimum Gasteiger partial charge on any atom is -0.309 e. The molecule has 2 aromatic heterocycles. The van der Waals surface area contributed by atoms with Crippen LogP contribution in [0.15, 0.2) is 212 Å². The van der Waals surface area contributed by atoms with Gasteiger partial charge in [-0.15, -0.1) is 22.7 Å². The molecule has 2 heterocycles. The van der Waals surface area contributed by atoms with E-state index in [0.717, 1.165) is 17.1 Å². The van der Waals surface area contributed by atoms with Crippen LogP contribution in [0.1, 0.15) is 0 Å². The van der Waals surface area contributed by atoms with Crippen molar-refractivity contribution in [3.05, 3.63) is 212 Å². The monoisotopic (exact) mass is 761 g/mol. The first kappa shape index (κ1) is 33.5. The van der Waals surface area contributed by atoms with Gasteiger partial charge in [-0.2, -0.15) is 0 Å². The van der Waals surface area contributed by atoms with E-state index in [-0.39, 0.29) is 0 Å². The molecular weight excluding hydrogens is 727 g/mol. The number of fused-ring (bicyclic) bond motifs is 6. The molecule has 0 fully saturated rings. The molecule has 0 aliphatic heterocycles. The Morgan fingerprint density at radius 3 is 1.51 bits per heavy atom. The first-order chi connectivity index (χ1) is 28.3. The van der Waals surface area contributed by atoms with E-state index in [9.17, 15) is 0 Å². The molecule has 0 aliphatic carbocycles. The van der Waals surface area contributed by atoms with Crippen LogP contribution in [0.2, 0.25) is 0 Å². The van der Waals surface area contributed by atoms with Gasteiger partial charge < -0.3 is 4.90 Å². The van der Waals surface area contributed by atoms with Crippen molar-refractivity contribution in [1.82, 2.24) is 0 Å². The minimum atomic E-state index is 1.13. The van der Waals surface area contributed by atoms with Gasteiger partial charge in [0.2, 0.25) is 0 Å². The molecule has 0 saturated carbocycles. The minimum absolute atomic E-state index is 1.13. The van der Waals surface area contributed by atoms with Gasteiger partial charge in [0.15, 0.2) is 0 Å². The fourth-order valence-corrected chi connectivity index (χ4v) is 10.9. The molecule has 0 N–H and O–H groups in total. The zero-order valence-electron chi connectivity index (χ0n) is 31.0. The fraction of sp³-hybridized carbons (Fsp3) is 0. The van der Waals surface area contributed by atoms with Crippen LogP contribution in [-0.4, -0.2) is 0 Å². The summed E-state index contributed by atoms with van der Waals surface area (Å²) in [6.07, 6.45) is 0. The van der Waals surface area contributed by atoms with Crippen LogP contribution in [0.3, 0.4) is 0 Å². The number of anilines is 3. The molecule has 3 heteroatoms. The van der Waals surface area contributed by atoms with Crippen LogP contribution < -0.4 is 4.90 Å². The molecule has 11 aromatic rings. The zero-order valence-corrected chi connectivity index (χ0v) is 32.6. The van der Waals surface area contributed by atoms with E-state index < -0.39 is 0 Å². The second kappa shape index (κ2) is 14.1. The summed E-state index contributed by atoms with van der Waals surface area (Å²) in [4.78, 5) is 2.56. The highest BCUT2D eigenvalue weighted by atomic mass is 32.1. The summed E-state index contributed by atoms with van der Waals surface area (Å²) in [6.45, 7) is 0. The molecule has 0 amide bonds. The summed E-state index contributed by atoms with van der Waals surface area (Å²) in [5.41, 5.74) is 13.1. The van der Waals surface area contributed by atoms with Crippen molar-refractivity contribution in [2.45, 2.75) is 0 Å². The first-order valence-corrected chi connectivity index (χ1v) is 21.0. The average Bonchev–Trinajstić information content (AvgIpc) is 3.86. The molecule has 1 nitrogen and oxygen atoms in total. The number of para-hydroxylation sites is 1. The van der Waals surface area contributed by atoms with Crippen molar-refractivity contribution in [2.75, 3.05) is 4.90 Å². The van der Waals surface area contributed by atoms with Gasteiger partial charge in [0.05, 0.1) is 11.4 Å². The molecule has 9 aromatic carbocycles. The van der Waals surface area contributed by atoms with Crippen molar-refractivity contribution in [2.24, 2.45) is 0 Å². The number of thiophene rings is 2. The second-order valence-electron chi connectivity index (χ2n) is 14.4. The van der Waals surface area contributed by atoms with E-state index in [4.69, 9.17) is 0 Å². The number of nitrogens with zero attached hydrogens (tertiary/aromatic N) is 1. The summed E-state index contributed by atoms with van der Waals surface area (Å²) < 4.78 is 5.14. The van der Waals surface area contributed by atoms with E-state index in [1.165, 1.54) is 84.9 Å². The largest absolute Gasteiger partial charge is 0.309 e. The van der Waals surface area contributed by atoms with E-state index in [2.05, 4.69) is 217 Å². The fourth-order valence-electron chi connectivity index (χ4n) is 8.43. The molecule has 0 unspecified atom stereocenters. The Labute approximate surface area is 340 Å². The number of hydrogen-bond acceptors (Lipinski definition) is 3. The topological polar surface area (TPSA) is 3.24 Å². The zero-order chi connectivity index (χ0) is 37.7. The van der Waals surface area contributed by atoms with Gasteiger partial charge in [0, 0.05) is 57.2 Å². The maximum absolute atomic E-state index is 2.56. The second-order valence-corrected chi connectivity index (χ2v) is 16.6. The van der Waals surface area contributed by atoms with Crippen molar-refractivity contribution in [3.63, 3.8) is 0 Å². The SMILES string of the molecule is c1ccc(-c2ccc3c(c2)sc2cc(N(c4c(-c5ccccc5)cccc4-c4ccccc4)c4ccc(-c5ccccc5)c5sc6ccccc6c45)ccc23)cc1. The van der Waals surface area contributed by atoms with Gasteiger partial charge in [0.25, 0.3) is 0 Å². The summed E-state index contributed by atoms with van der Waals surface area (Å²) in [5.74, 6) is 0. The highest BCUT2D eigenvalue weighted by Gasteiger charge is 2.26. The smallest absolute Gasteiger partial charge is 0.0618 e. The van der Waals surface area contributed by atoms with Gasteiger partial charge in [-0.25, -0.2) is 0 Å². The maximum Gasteiger partial charge on any atom is 0.0618 e. The Hall–Kier alpha value is -6.78. The molecule has 0 bridgehead atoms. The van der Waals surface area contributed by atoms with Crippen molar-refractivity contribution in [3.8, 4) is 44.5 Å². The molecule has 11 rings (SSSR count). The molecule has 57 heavy (non-hydrogen) atoms. The Bertz CT molecular complexity index is 3160. The van der Waals surface area contributed by atoms with Gasteiger partial charge >= 0.3 is 0 Å². The van der Waals surface area contributed by atoms with Gasteiger partial charge in [-0.05, 0) is 63.7 Å². The summed E-state index contributed by atoms with van der Waals surface area (Å²) in [7, 11) is 0. The summed E-state index contributed by atoms with van der Waals surface area (Å²) >= 11 is 3.76. The molecular formula is C54H35NS2. The number of benzene rings is 9. The van der Waals surface area contributed by atoms with Crippen LogP contribution in [0.4, 0.5) is 17.1 Å². The summed E-state index contributed by atoms with van der Waals surface area (Å²) in [6, 6.07) is 77.6. The predicted molar refractivity (Wildman–Crippen MR) is 249 cm³/mol. The van der Waals surface area contributed by atoms with E-state index in [1.54, 1.807) is 0 Å². The van der Waals surface area contributed by atoms with Crippen LogP contribution in [0, 0.1) is 0 Å². The maximum atomic E-state index is 2.56. The van der Waals surface area contributed by atoms with Crippen molar-refractivity contribution >= 4 is 80.1 Å². The van der Waals surface area contributed by atoms with Gasteiger partial charge in [0.1, 0.15) is 0 Å². The van der Waals surface area contributed by atoms with Gasteiger partial charge in [-0.3, -0.25) is 0 Å². The third-order valence-corrected chi connectivity index (χ3v) is 13.4. The average molecular weight is 762 g/mol. The molecule has 0 atom stereocenters. The molecule has 0 saturated heterocycles. The lowest BCUT2D eigenvalue weighted by atomic mass is 9.93. The Morgan fingerprint density at radius 1 is 0.316 bits per heavy atom. The quantitative estimate of drug-likeness (QED) is 0.156. The van der Waals surface area contributed by atoms with Crippen LogP contribution in [0.5, 0.6) is 0 Å².